The molecule has 0 aromatic heterocycles. The van der Waals surface area contributed by atoms with Crippen LogP contribution >= 0.6 is 39.1 Å². The van der Waals surface area contributed by atoms with Crippen molar-refractivity contribution in [1.29, 1.82) is 0 Å². The number of halogens is 3. The Morgan fingerprint density at radius 3 is 2.26 bits per heavy atom. The lowest BCUT2D eigenvalue weighted by Crippen LogP contribution is -2.07. The zero-order valence-corrected chi connectivity index (χ0v) is 13.8. The van der Waals surface area contributed by atoms with Gasteiger partial charge in [-0.2, -0.15) is 0 Å². The van der Waals surface area contributed by atoms with Crippen molar-refractivity contribution in [3.63, 3.8) is 0 Å². The maximum absolute atomic E-state index is 6.23. The SMILES string of the molecule is Cc1ccc(C(C)Nc2ccc(Br)c(Cl)c2Cl)cc1. The number of aryl methyl sites for hydroxylation is 1. The molecule has 0 radical (unpaired) electrons. The van der Waals surface area contributed by atoms with Gasteiger partial charge in [0, 0.05) is 10.5 Å². The van der Waals surface area contributed by atoms with Gasteiger partial charge in [-0.3, -0.25) is 0 Å². The van der Waals surface area contributed by atoms with Crippen molar-refractivity contribution in [2.24, 2.45) is 0 Å². The molecule has 0 heterocycles. The summed E-state index contributed by atoms with van der Waals surface area (Å²) in [6.07, 6.45) is 0. The standard InChI is InChI=1S/C15H14BrCl2N/c1-9-3-5-11(6-4-9)10(2)19-13-8-7-12(16)14(17)15(13)18/h3-8,10,19H,1-2H3. The zero-order chi connectivity index (χ0) is 14.0. The summed E-state index contributed by atoms with van der Waals surface area (Å²) >= 11 is 15.7. The van der Waals surface area contributed by atoms with Crippen LogP contribution in [-0.2, 0) is 0 Å². The summed E-state index contributed by atoms with van der Waals surface area (Å²) in [5.41, 5.74) is 3.30. The van der Waals surface area contributed by atoms with Gasteiger partial charge in [-0.05, 0) is 47.5 Å². The molecule has 19 heavy (non-hydrogen) atoms. The molecule has 0 saturated carbocycles. The fourth-order valence-electron chi connectivity index (χ4n) is 1.81. The van der Waals surface area contributed by atoms with E-state index in [0.29, 0.717) is 10.0 Å². The summed E-state index contributed by atoms with van der Waals surface area (Å²) in [7, 11) is 0. The first-order valence-corrected chi connectivity index (χ1v) is 7.50. The third kappa shape index (κ3) is 3.44. The average Bonchev–Trinajstić information content (AvgIpc) is 2.40. The first-order valence-electron chi connectivity index (χ1n) is 5.95. The molecule has 0 aliphatic rings. The van der Waals surface area contributed by atoms with Crippen LogP contribution in [0.25, 0.3) is 0 Å². The van der Waals surface area contributed by atoms with Crippen molar-refractivity contribution in [1.82, 2.24) is 0 Å². The van der Waals surface area contributed by atoms with Crippen LogP contribution in [0, 0.1) is 6.92 Å². The van der Waals surface area contributed by atoms with Gasteiger partial charge in [-0.15, -0.1) is 0 Å². The molecule has 100 valence electrons. The molecule has 4 heteroatoms. The Balaban J connectivity index is 2.21. The van der Waals surface area contributed by atoms with Crippen LogP contribution in [0.1, 0.15) is 24.1 Å². The maximum atomic E-state index is 6.23. The minimum Gasteiger partial charge on any atom is -0.377 e. The van der Waals surface area contributed by atoms with Gasteiger partial charge in [0.25, 0.3) is 0 Å². The summed E-state index contributed by atoms with van der Waals surface area (Å²) in [4.78, 5) is 0. The monoisotopic (exact) mass is 357 g/mol. The molecule has 0 amide bonds. The molecule has 0 aliphatic heterocycles. The van der Waals surface area contributed by atoms with Gasteiger partial charge in [0.05, 0.1) is 15.7 Å². The van der Waals surface area contributed by atoms with E-state index in [-0.39, 0.29) is 6.04 Å². The molecule has 1 N–H and O–H groups in total. The highest BCUT2D eigenvalue weighted by Gasteiger charge is 2.11. The molecule has 1 atom stereocenters. The largest absolute Gasteiger partial charge is 0.377 e. The molecular weight excluding hydrogens is 345 g/mol. The summed E-state index contributed by atoms with van der Waals surface area (Å²) < 4.78 is 0.799. The third-order valence-corrected chi connectivity index (χ3v) is 4.76. The maximum Gasteiger partial charge on any atom is 0.0835 e. The van der Waals surface area contributed by atoms with E-state index in [1.165, 1.54) is 11.1 Å². The number of hydrogen-bond donors (Lipinski definition) is 1. The van der Waals surface area contributed by atoms with Gasteiger partial charge >= 0.3 is 0 Å². The molecule has 2 rings (SSSR count). The second-order valence-electron chi connectivity index (χ2n) is 4.50. The van der Waals surface area contributed by atoms with Crippen LogP contribution in [0.5, 0.6) is 0 Å². The molecule has 0 saturated heterocycles. The predicted molar refractivity (Wildman–Crippen MR) is 87.4 cm³/mol. The number of nitrogens with one attached hydrogen (secondary N) is 1. The topological polar surface area (TPSA) is 12.0 Å². The predicted octanol–water partition coefficient (Wildman–Crippen LogP) is 6.24. The fraction of sp³-hybridized carbons (Fsp3) is 0.200. The van der Waals surface area contributed by atoms with E-state index in [9.17, 15) is 0 Å². The van der Waals surface area contributed by atoms with E-state index < -0.39 is 0 Å². The van der Waals surface area contributed by atoms with E-state index in [2.05, 4.69) is 59.4 Å². The Labute approximate surface area is 132 Å². The number of rotatable bonds is 3. The van der Waals surface area contributed by atoms with Crippen LogP contribution in [-0.4, -0.2) is 0 Å². The Bertz CT molecular complexity index is 581. The molecular formula is C15H14BrCl2N. The zero-order valence-electron chi connectivity index (χ0n) is 10.7. The minimum atomic E-state index is 0.162. The number of anilines is 1. The highest BCUT2D eigenvalue weighted by molar-refractivity contribution is 9.10. The summed E-state index contributed by atoms with van der Waals surface area (Å²) in [5, 5.41) is 4.44. The lowest BCUT2D eigenvalue weighted by atomic mass is 10.1. The second-order valence-corrected chi connectivity index (χ2v) is 6.11. The van der Waals surface area contributed by atoms with Crippen LogP contribution in [0.2, 0.25) is 10.0 Å². The van der Waals surface area contributed by atoms with Crippen molar-refractivity contribution in [2.75, 3.05) is 5.32 Å². The second kappa shape index (κ2) is 6.17. The first-order chi connectivity index (χ1) is 8.99. The average molecular weight is 359 g/mol. The molecule has 0 spiro atoms. The van der Waals surface area contributed by atoms with Gasteiger partial charge in [0.15, 0.2) is 0 Å². The van der Waals surface area contributed by atoms with Gasteiger partial charge in [0.1, 0.15) is 0 Å². The minimum absolute atomic E-state index is 0.162. The van der Waals surface area contributed by atoms with Crippen molar-refractivity contribution >= 4 is 44.8 Å². The van der Waals surface area contributed by atoms with Crippen LogP contribution in [0.3, 0.4) is 0 Å². The van der Waals surface area contributed by atoms with Crippen LogP contribution < -0.4 is 5.32 Å². The van der Waals surface area contributed by atoms with Crippen molar-refractivity contribution in [3.05, 3.63) is 62.0 Å². The number of benzene rings is 2. The molecule has 1 nitrogen and oxygen atoms in total. The van der Waals surface area contributed by atoms with Crippen molar-refractivity contribution in [3.8, 4) is 0 Å². The normalized spacial score (nSPS) is 12.3. The van der Waals surface area contributed by atoms with Crippen molar-refractivity contribution < 1.29 is 0 Å². The quantitative estimate of drug-likeness (QED) is 0.640. The summed E-state index contributed by atoms with van der Waals surface area (Å²) in [6, 6.07) is 12.4. The summed E-state index contributed by atoms with van der Waals surface area (Å²) in [6.45, 7) is 4.17. The fourth-order valence-corrected chi connectivity index (χ4v) is 2.64. The molecule has 2 aromatic carbocycles. The Morgan fingerprint density at radius 2 is 1.63 bits per heavy atom. The summed E-state index contributed by atoms with van der Waals surface area (Å²) in [5.74, 6) is 0. The molecule has 2 aromatic rings. The highest BCUT2D eigenvalue weighted by Crippen LogP contribution is 2.37. The van der Waals surface area contributed by atoms with Crippen LogP contribution in [0.4, 0.5) is 5.69 Å². The van der Waals surface area contributed by atoms with Crippen LogP contribution in [0.15, 0.2) is 40.9 Å². The Hall–Kier alpha value is -0.700. The lowest BCUT2D eigenvalue weighted by Gasteiger charge is -2.17. The number of hydrogen-bond acceptors (Lipinski definition) is 1. The molecule has 0 fully saturated rings. The first kappa shape index (κ1) is 14.7. The van der Waals surface area contributed by atoms with Gasteiger partial charge in [-0.25, -0.2) is 0 Å². The smallest absolute Gasteiger partial charge is 0.0835 e. The van der Waals surface area contributed by atoms with Gasteiger partial charge in [-0.1, -0.05) is 53.0 Å². The van der Waals surface area contributed by atoms with E-state index in [1.54, 1.807) is 0 Å². The van der Waals surface area contributed by atoms with E-state index >= 15 is 0 Å². The molecule has 0 bridgehead atoms. The lowest BCUT2D eigenvalue weighted by molar-refractivity contribution is 0.884. The van der Waals surface area contributed by atoms with E-state index in [0.717, 1.165) is 10.2 Å². The van der Waals surface area contributed by atoms with Crippen molar-refractivity contribution in [2.45, 2.75) is 19.9 Å². The van der Waals surface area contributed by atoms with E-state index in [1.807, 2.05) is 12.1 Å². The molecule has 1 unspecified atom stereocenters. The third-order valence-electron chi connectivity index (χ3n) is 2.98. The van der Waals surface area contributed by atoms with Gasteiger partial charge < -0.3 is 5.32 Å². The Kier molecular flexibility index (Phi) is 4.77. The van der Waals surface area contributed by atoms with Gasteiger partial charge in [0.2, 0.25) is 0 Å². The molecule has 0 aliphatic carbocycles. The highest BCUT2D eigenvalue weighted by atomic mass is 79.9. The van der Waals surface area contributed by atoms with E-state index in [4.69, 9.17) is 23.2 Å². The Morgan fingerprint density at radius 1 is 1.00 bits per heavy atom.